The van der Waals surface area contributed by atoms with Gasteiger partial charge in [-0.15, -0.1) is 5.10 Å². The molecule has 1 aromatic heterocycles. The normalized spacial score (nSPS) is 26.3. The fraction of sp³-hybridized carbons (Fsp3) is 0.636. The highest BCUT2D eigenvalue weighted by atomic mass is 15.2. The summed E-state index contributed by atoms with van der Waals surface area (Å²) in [4.78, 5) is 0. The van der Waals surface area contributed by atoms with Crippen molar-refractivity contribution in [3.05, 3.63) is 17.8 Å². The molecule has 1 fully saturated rings. The molecule has 2 rings (SSSR count). The van der Waals surface area contributed by atoms with Gasteiger partial charge in [0.05, 0.1) is 5.69 Å². The van der Waals surface area contributed by atoms with E-state index in [0.717, 1.165) is 30.9 Å². The second-order valence-corrected chi connectivity index (χ2v) is 4.28. The van der Waals surface area contributed by atoms with E-state index in [1.54, 1.807) is 0 Å². The lowest BCUT2D eigenvalue weighted by atomic mass is 10.0. The molecule has 0 spiro atoms. The average molecular weight is 206 g/mol. The Morgan fingerprint density at radius 2 is 2.27 bits per heavy atom. The van der Waals surface area contributed by atoms with Crippen molar-refractivity contribution in [2.75, 3.05) is 11.9 Å². The second kappa shape index (κ2) is 4.57. The van der Waals surface area contributed by atoms with Crippen LogP contribution in [0.4, 0.5) is 5.82 Å². The summed E-state index contributed by atoms with van der Waals surface area (Å²) in [6.45, 7) is 5.25. The lowest BCUT2D eigenvalue weighted by Crippen LogP contribution is -2.41. The molecule has 1 aliphatic rings. The molecule has 4 heteroatoms. The van der Waals surface area contributed by atoms with Crippen molar-refractivity contribution in [1.29, 1.82) is 0 Å². The van der Waals surface area contributed by atoms with Gasteiger partial charge in [0.25, 0.3) is 0 Å². The van der Waals surface area contributed by atoms with Gasteiger partial charge in [-0.2, -0.15) is 5.10 Å². The Morgan fingerprint density at radius 1 is 1.40 bits per heavy atom. The second-order valence-electron chi connectivity index (χ2n) is 4.28. The number of hydrogen-bond donors (Lipinski definition) is 2. The lowest BCUT2D eigenvalue weighted by Gasteiger charge is -2.28. The highest BCUT2D eigenvalue weighted by Crippen LogP contribution is 2.13. The third kappa shape index (κ3) is 2.89. The summed E-state index contributed by atoms with van der Waals surface area (Å²) >= 11 is 0. The van der Waals surface area contributed by atoms with Gasteiger partial charge in [0.15, 0.2) is 0 Å². The number of nitrogens with zero attached hydrogens (tertiary/aromatic N) is 2. The van der Waals surface area contributed by atoms with E-state index in [1.165, 1.54) is 0 Å². The van der Waals surface area contributed by atoms with Crippen molar-refractivity contribution in [2.45, 2.75) is 38.8 Å². The van der Waals surface area contributed by atoms with E-state index in [-0.39, 0.29) is 0 Å². The minimum Gasteiger partial charge on any atom is -0.366 e. The van der Waals surface area contributed by atoms with Crippen molar-refractivity contribution in [2.24, 2.45) is 0 Å². The van der Waals surface area contributed by atoms with Gasteiger partial charge >= 0.3 is 0 Å². The largest absolute Gasteiger partial charge is 0.366 e. The van der Waals surface area contributed by atoms with Crippen molar-refractivity contribution in [1.82, 2.24) is 15.5 Å². The molecular weight excluding hydrogens is 188 g/mol. The number of piperidine rings is 1. The number of aromatic nitrogens is 2. The smallest absolute Gasteiger partial charge is 0.148 e. The maximum atomic E-state index is 4.12. The first-order chi connectivity index (χ1) is 7.24. The van der Waals surface area contributed by atoms with E-state index in [4.69, 9.17) is 0 Å². The molecule has 4 nitrogen and oxygen atoms in total. The van der Waals surface area contributed by atoms with Gasteiger partial charge in [-0.1, -0.05) is 0 Å². The van der Waals surface area contributed by atoms with Gasteiger partial charge in [0.1, 0.15) is 5.82 Å². The predicted molar refractivity (Wildman–Crippen MR) is 60.9 cm³/mol. The highest BCUT2D eigenvalue weighted by molar-refractivity contribution is 5.34. The van der Waals surface area contributed by atoms with Gasteiger partial charge < -0.3 is 10.6 Å². The molecule has 0 aromatic carbocycles. The van der Waals surface area contributed by atoms with Crippen LogP contribution < -0.4 is 10.6 Å². The van der Waals surface area contributed by atoms with E-state index in [0.29, 0.717) is 12.1 Å². The molecule has 0 bridgehead atoms. The maximum absolute atomic E-state index is 4.12. The summed E-state index contributed by atoms with van der Waals surface area (Å²) in [5, 5.41) is 15.0. The summed E-state index contributed by atoms with van der Waals surface area (Å²) < 4.78 is 0. The van der Waals surface area contributed by atoms with Crippen LogP contribution in [0.5, 0.6) is 0 Å². The van der Waals surface area contributed by atoms with E-state index >= 15 is 0 Å². The fourth-order valence-electron chi connectivity index (χ4n) is 1.95. The molecule has 0 aliphatic carbocycles. The van der Waals surface area contributed by atoms with Crippen molar-refractivity contribution < 1.29 is 0 Å². The van der Waals surface area contributed by atoms with Crippen LogP contribution in [0.1, 0.15) is 25.5 Å². The van der Waals surface area contributed by atoms with Crippen molar-refractivity contribution in [3.8, 4) is 0 Å². The fourth-order valence-corrected chi connectivity index (χ4v) is 1.95. The first-order valence-corrected chi connectivity index (χ1v) is 5.54. The molecule has 1 saturated heterocycles. The van der Waals surface area contributed by atoms with Gasteiger partial charge in [-0.25, -0.2) is 0 Å². The number of hydrogen-bond acceptors (Lipinski definition) is 4. The zero-order chi connectivity index (χ0) is 10.7. The molecule has 1 aromatic rings. The van der Waals surface area contributed by atoms with Crippen LogP contribution in [0.2, 0.25) is 0 Å². The Balaban J connectivity index is 1.93. The average Bonchev–Trinajstić information content (AvgIpc) is 2.22. The highest BCUT2D eigenvalue weighted by Gasteiger charge is 2.18. The predicted octanol–water partition coefficient (Wildman–Crippen LogP) is 1.34. The molecule has 1 aliphatic heterocycles. The summed E-state index contributed by atoms with van der Waals surface area (Å²) in [7, 11) is 0. The van der Waals surface area contributed by atoms with Gasteiger partial charge in [-0.05, 0) is 45.4 Å². The minimum atomic E-state index is 0.526. The Hall–Kier alpha value is -1.16. The number of rotatable bonds is 2. The Kier molecular flexibility index (Phi) is 3.16. The first kappa shape index (κ1) is 10.4. The molecule has 0 saturated carbocycles. The van der Waals surface area contributed by atoms with Crippen LogP contribution in [0.15, 0.2) is 12.1 Å². The third-order valence-electron chi connectivity index (χ3n) is 2.77. The SMILES string of the molecule is Cc1ccc(NC2CCNC(C)C2)nn1. The van der Waals surface area contributed by atoms with Crippen molar-refractivity contribution >= 4 is 5.82 Å². The van der Waals surface area contributed by atoms with Crippen LogP contribution in [0.25, 0.3) is 0 Å². The molecular formula is C11H18N4. The van der Waals surface area contributed by atoms with Crippen LogP contribution >= 0.6 is 0 Å². The minimum absolute atomic E-state index is 0.526. The van der Waals surface area contributed by atoms with E-state index in [1.807, 2.05) is 19.1 Å². The first-order valence-electron chi connectivity index (χ1n) is 5.54. The number of anilines is 1. The number of nitrogens with one attached hydrogen (secondary N) is 2. The van der Waals surface area contributed by atoms with Gasteiger partial charge in [0, 0.05) is 12.1 Å². The standard InChI is InChI=1S/C11H18N4/c1-8-3-4-11(15-14-8)13-10-5-6-12-9(2)7-10/h3-4,9-10,12H,5-7H2,1-2H3,(H,13,15). The summed E-state index contributed by atoms with van der Waals surface area (Å²) in [6, 6.07) is 5.10. The van der Waals surface area contributed by atoms with E-state index in [9.17, 15) is 0 Å². The zero-order valence-electron chi connectivity index (χ0n) is 9.33. The Bertz CT molecular complexity index is 309. The molecule has 2 atom stereocenters. The molecule has 0 radical (unpaired) electrons. The molecule has 82 valence electrons. The van der Waals surface area contributed by atoms with E-state index in [2.05, 4.69) is 27.8 Å². The zero-order valence-corrected chi connectivity index (χ0v) is 9.33. The maximum Gasteiger partial charge on any atom is 0.148 e. The topological polar surface area (TPSA) is 49.8 Å². The monoisotopic (exact) mass is 206 g/mol. The summed E-state index contributed by atoms with van der Waals surface area (Å²) in [6.07, 6.45) is 2.30. The van der Waals surface area contributed by atoms with Crippen LogP contribution in [-0.2, 0) is 0 Å². The van der Waals surface area contributed by atoms with Crippen LogP contribution in [-0.4, -0.2) is 28.8 Å². The molecule has 15 heavy (non-hydrogen) atoms. The molecule has 2 unspecified atom stereocenters. The third-order valence-corrected chi connectivity index (χ3v) is 2.77. The lowest BCUT2D eigenvalue weighted by molar-refractivity contribution is 0.395. The Morgan fingerprint density at radius 3 is 2.93 bits per heavy atom. The van der Waals surface area contributed by atoms with Gasteiger partial charge in [-0.3, -0.25) is 0 Å². The van der Waals surface area contributed by atoms with E-state index < -0.39 is 0 Å². The van der Waals surface area contributed by atoms with Gasteiger partial charge in [0.2, 0.25) is 0 Å². The van der Waals surface area contributed by atoms with Crippen LogP contribution in [0.3, 0.4) is 0 Å². The quantitative estimate of drug-likeness (QED) is 0.766. The molecule has 2 N–H and O–H groups in total. The number of aryl methyl sites for hydroxylation is 1. The molecule has 2 heterocycles. The Labute approximate surface area is 90.5 Å². The summed E-state index contributed by atoms with van der Waals surface area (Å²) in [5.41, 5.74) is 0.958. The molecule has 0 amide bonds. The van der Waals surface area contributed by atoms with Crippen molar-refractivity contribution in [3.63, 3.8) is 0 Å². The summed E-state index contributed by atoms with van der Waals surface area (Å²) in [5.74, 6) is 0.889. The van der Waals surface area contributed by atoms with Crippen LogP contribution in [0, 0.1) is 6.92 Å².